The molecule has 4 heterocycles. The van der Waals surface area contributed by atoms with E-state index in [-0.39, 0.29) is 0 Å². The second kappa shape index (κ2) is 21.1. The van der Waals surface area contributed by atoms with Crippen LogP contribution in [-0.4, -0.2) is 128 Å². The molecule has 4 fully saturated rings. The van der Waals surface area contributed by atoms with Gasteiger partial charge in [0, 0.05) is 0 Å². The fourth-order valence-electron chi connectivity index (χ4n) is 4.97. The minimum absolute atomic E-state index is 1.21. The van der Waals surface area contributed by atoms with E-state index in [4.69, 9.17) is 57.6 Å². The summed E-state index contributed by atoms with van der Waals surface area (Å²) < 4.78 is 79.2. The summed E-state index contributed by atoms with van der Waals surface area (Å²) >= 11 is 0. The van der Waals surface area contributed by atoms with Crippen LogP contribution >= 0.6 is 0 Å². The van der Waals surface area contributed by atoms with Crippen LogP contribution < -0.4 is 0 Å². The van der Waals surface area contributed by atoms with Crippen molar-refractivity contribution in [1.29, 1.82) is 0 Å². The zero-order chi connectivity index (χ0) is 34.8. The maximum Gasteiger partial charge on any atom is 0.313 e. The zero-order valence-corrected chi connectivity index (χ0v) is 46.3. The van der Waals surface area contributed by atoms with Crippen LogP contribution in [-0.2, 0) is 57.6 Å². The highest BCUT2D eigenvalue weighted by Crippen LogP contribution is 2.20. The molecule has 0 saturated carbocycles. The lowest BCUT2D eigenvalue weighted by molar-refractivity contribution is 0.265. The van der Waals surface area contributed by atoms with Crippen LogP contribution in [0.25, 0.3) is 0 Å². The molecule has 0 spiro atoms. The summed E-state index contributed by atoms with van der Waals surface area (Å²) in [5.74, 6) is 0. The smallest absolute Gasteiger partial charge is 0.313 e. The summed E-state index contributed by atoms with van der Waals surface area (Å²) in [4.78, 5) is 0. The predicted molar refractivity (Wildman–Crippen MR) is 211 cm³/mol. The quantitative estimate of drug-likeness (QED) is 0.317. The molecule has 4 rings (SSSR count). The van der Waals surface area contributed by atoms with Crippen molar-refractivity contribution < 1.29 is 57.6 Å². The lowest BCUT2D eigenvalue weighted by atomic mass is 11.9. The molecule has 0 amide bonds. The minimum Gasteiger partial charge on any atom is -0.420 e. The largest absolute Gasteiger partial charge is 0.420 e. The molecule has 4 aliphatic heterocycles. The third kappa shape index (κ3) is 22.1. The topological polar surface area (TPSA) is 129 Å². The number of rotatable bonds is 0. The van der Waals surface area contributed by atoms with E-state index in [2.05, 4.69) is 72.0 Å². The van der Waals surface area contributed by atoms with Gasteiger partial charge in [-0.1, -0.05) is 0 Å². The average molecular weight is 884 g/mol. The van der Waals surface area contributed by atoms with E-state index in [9.17, 15) is 0 Å². The molecule has 0 aromatic rings. The molecule has 2 unspecified atom stereocenters. The van der Waals surface area contributed by atoms with Gasteiger partial charge in [-0.3, -0.25) is 0 Å². The molecule has 4 saturated heterocycles. The van der Waals surface area contributed by atoms with Crippen molar-refractivity contribution in [3.63, 3.8) is 0 Å². The first-order valence-corrected chi connectivity index (χ1v) is 47.3. The van der Waals surface area contributed by atoms with Crippen LogP contribution in [0.15, 0.2) is 0 Å². The fourth-order valence-corrected chi connectivity index (χ4v) is 52.1. The van der Waals surface area contributed by atoms with E-state index in [0.717, 1.165) is 0 Å². The van der Waals surface area contributed by atoms with E-state index in [0.29, 0.717) is 0 Å². The maximum atomic E-state index is 5.91. The Bertz CT molecular complexity index is 727. The number of hydrogen-bond donors (Lipinski definition) is 0. The molecule has 45 heavy (non-hydrogen) atoms. The first-order chi connectivity index (χ1) is 20.5. The van der Waals surface area contributed by atoms with Crippen LogP contribution in [0, 0.1) is 0 Å². The highest BCUT2D eigenvalue weighted by atomic mass is 28.5. The Labute approximate surface area is 295 Å². The van der Waals surface area contributed by atoms with Gasteiger partial charge < -0.3 is 57.6 Å². The molecule has 2 atom stereocenters. The Kier molecular flexibility index (Phi) is 21.3. The summed E-state index contributed by atoms with van der Waals surface area (Å²) in [5.41, 5.74) is 0. The summed E-state index contributed by atoms with van der Waals surface area (Å²) in [6, 6.07) is 0. The van der Waals surface area contributed by atoms with E-state index in [1.807, 2.05) is 39.3 Å². The molecule has 0 radical (unpaired) electrons. The van der Waals surface area contributed by atoms with E-state index in [1.54, 1.807) is 0 Å². The van der Waals surface area contributed by atoms with Gasteiger partial charge in [0.05, 0.1) is 0 Å². The van der Waals surface area contributed by atoms with Crippen molar-refractivity contribution in [1.82, 2.24) is 0 Å². The summed E-state index contributed by atoms with van der Waals surface area (Å²) in [6.45, 7) is 35.0. The Morgan fingerprint density at radius 3 is 0.511 bits per heavy atom. The first kappa shape index (κ1) is 45.5. The summed E-state index contributed by atoms with van der Waals surface area (Å²) in [6.07, 6.45) is 0. The van der Waals surface area contributed by atoms with Crippen molar-refractivity contribution in [3.05, 3.63) is 0 Å². The third-order valence-corrected chi connectivity index (χ3v) is 51.9. The van der Waals surface area contributed by atoms with Crippen molar-refractivity contribution in [2.75, 3.05) is 0 Å². The van der Waals surface area contributed by atoms with Crippen LogP contribution in [0.4, 0.5) is 0 Å². The molecule has 14 nitrogen and oxygen atoms in total. The normalized spacial score (nSPS) is 41.4. The standard InChI is InChI=1S/C6H20O4Si4.C4H16O4Si4.C4H14O3Si3.C3H12O3Si3/c1-11-7-13(3,4)9-12(2)10-14(5,6)8-11;1-9-5-10(2)7-12(4)8-11(3)6-9;1-8-5-9(2)7-10(3,4)6-8;1-7-4-8(2)6-9(3)5-7/h11-12H,1-6H3;9-12H,1-4H3;8-9H,1-4H3;7-9H,1-3H3. The van der Waals surface area contributed by atoms with Crippen LogP contribution in [0.5, 0.6) is 0 Å². The molecule has 0 bridgehead atoms. The molecule has 28 heteroatoms. The second-order valence-corrected chi connectivity index (χ2v) is 47.5. The molecule has 0 aromatic heterocycles. The van der Waals surface area contributed by atoms with Crippen molar-refractivity contribution in [2.24, 2.45) is 0 Å². The Morgan fingerprint density at radius 2 is 0.356 bits per heavy atom. The van der Waals surface area contributed by atoms with Gasteiger partial charge in [0.1, 0.15) is 0 Å². The van der Waals surface area contributed by atoms with Crippen LogP contribution in [0.3, 0.4) is 0 Å². The lowest BCUT2D eigenvalue weighted by Gasteiger charge is -2.38. The van der Waals surface area contributed by atoms with Gasteiger partial charge >= 0.3 is 44.3 Å². The monoisotopic (exact) mass is 882 g/mol. The van der Waals surface area contributed by atoms with Gasteiger partial charge in [0.15, 0.2) is 0 Å². The van der Waals surface area contributed by atoms with Crippen LogP contribution in [0.1, 0.15) is 0 Å². The molecule has 270 valence electrons. The highest BCUT2D eigenvalue weighted by molar-refractivity contribution is 6.84. The molecular formula is C17H62O14Si14. The van der Waals surface area contributed by atoms with Crippen LogP contribution in [0.2, 0.25) is 111 Å². The van der Waals surface area contributed by atoms with Gasteiger partial charge in [-0.15, -0.1) is 0 Å². The van der Waals surface area contributed by atoms with Gasteiger partial charge in [-0.05, 0) is 111 Å². The highest BCUT2D eigenvalue weighted by Gasteiger charge is 2.40. The third-order valence-electron chi connectivity index (χ3n) is 5.76. The van der Waals surface area contributed by atoms with Crippen molar-refractivity contribution in [2.45, 2.75) is 111 Å². The lowest BCUT2D eigenvalue weighted by Crippen LogP contribution is -2.55. The van der Waals surface area contributed by atoms with E-state index in [1.165, 1.54) is 0 Å². The van der Waals surface area contributed by atoms with Crippen molar-refractivity contribution >= 4 is 128 Å². The molecular weight excluding hydrogens is 821 g/mol. The summed E-state index contributed by atoms with van der Waals surface area (Å²) in [7, 11) is -20.6. The minimum atomic E-state index is -1.97. The van der Waals surface area contributed by atoms with Gasteiger partial charge in [-0.25, -0.2) is 0 Å². The number of hydrogen-bond acceptors (Lipinski definition) is 14. The molecule has 0 N–H and O–H groups in total. The molecule has 0 aliphatic carbocycles. The fraction of sp³-hybridized carbons (Fsp3) is 1.00. The Morgan fingerprint density at radius 1 is 0.222 bits per heavy atom. The Hall–Kier alpha value is 2.48. The van der Waals surface area contributed by atoms with E-state index < -0.39 is 128 Å². The Balaban J connectivity index is 0.000000304. The van der Waals surface area contributed by atoms with Gasteiger partial charge in [0.2, 0.25) is 0 Å². The van der Waals surface area contributed by atoms with Crippen molar-refractivity contribution in [3.8, 4) is 0 Å². The maximum absolute atomic E-state index is 5.91. The average Bonchev–Trinajstić information content (AvgIpc) is 2.73. The van der Waals surface area contributed by atoms with E-state index >= 15 is 0 Å². The SMILES string of the molecule is C[SiH]1O[SiH](C)O[SiH](C)O1.C[SiH]1O[SiH](C)O[SiH](C)O[SiH](C)O1.C[SiH]1O[SiH](C)O[Si](C)(C)O1.C[SiH]1O[Si](C)(C)O[SiH](C)O[Si](C)(C)O1. The second-order valence-electron chi connectivity index (χ2n) is 12.2. The summed E-state index contributed by atoms with van der Waals surface area (Å²) in [5, 5.41) is 0. The molecule has 4 aliphatic rings. The predicted octanol–water partition coefficient (Wildman–Crippen LogP) is 0.691. The van der Waals surface area contributed by atoms with Gasteiger partial charge in [-0.2, -0.15) is 0 Å². The molecule has 0 aromatic carbocycles. The van der Waals surface area contributed by atoms with Gasteiger partial charge in [0.25, 0.3) is 83.6 Å². The zero-order valence-electron chi connectivity index (χ0n) is 30.6. The first-order valence-electron chi connectivity index (χ1n) is 15.8.